The van der Waals surface area contributed by atoms with Gasteiger partial charge in [0, 0.05) is 79.6 Å². The minimum Gasteiger partial charge on any atom is -0.497 e. The van der Waals surface area contributed by atoms with Crippen molar-refractivity contribution in [2.24, 2.45) is 47.3 Å². The van der Waals surface area contributed by atoms with Crippen LogP contribution in [0.25, 0.3) is 0 Å². The van der Waals surface area contributed by atoms with Crippen molar-refractivity contribution in [2.45, 2.75) is 83.0 Å². The number of hydrogen-bond acceptors (Lipinski definition) is 10. The number of fused-ring (bicyclic) bond motifs is 10. The molecule has 8 nitrogen and oxygen atoms in total. The number of carbonyl (C=O) groups is 2. The van der Waals surface area contributed by atoms with Gasteiger partial charge in [-0.2, -0.15) is 0 Å². The molecule has 10 unspecified atom stereocenters. The van der Waals surface area contributed by atoms with E-state index < -0.39 is 0 Å². The lowest BCUT2D eigenvalue weighted by Crippen LogP contribution is -2.46. The molecule has 4 aromatic rings. The molecule has 10 heteroatoms. The maximum absolute atomic E-state index is 15.1. The molecule has 2 heterocycles. The van der Waals surface area contributed by atoms with E-state index in [1.807, 2.05) is 12.1 Å². The SMILES string of the molecule is COc1ccc2c(c1)N(C1CCC3C(=O)C4CC5C(=O)C6C(CCCC6N6c7cc(OC)ccc7Sc7ccc(OC)cc76)C5CC4C3C1)c1cc(OC)ccc1S2. The first-order valence-corrected chi connectivity index (χ1v) is 22.7. The summed E-state index contributed by atoms with van der Waals surface area (Å²) in [7, 11) is 6.90. The van der Waals surface area contributed by atoms with Crippen LogP contribution in [0, 0.1) is 47.3 Å². The van der Waals surface area contributed by atoms with Crippen LogP contribution in [0.3, 0.4) is 0 Å². The van der Waals surface area contributed by atoms with E-state index in [2.05, 4.69) is 70.5 Å². The molecule has 7 aliphatic rings. The van der Waals surface area contributed by atoms with E-state index in [1.165, 1.54) is 31.0 Å². The third-order valence-corrected chi connectivity index (χ3v) is 17.5. The summed E-state index contributed by atoms with van der Waals surface area (Å²) in [6.07, 6.45) is 7.67. The Morgan fingerprint density at radius 1 is 0.483 bits per heavy atom. The van der Waals surface area contributed by atoms with Crippen molar-refractivity contribution in [1.82, 2.24) is 0 Å². The minimum atomic E-state index is -0.0717. The fourth-order valence-electron chi connectivity index (χ4n) is 12.9. The molecule has 11 rings (SSSR count). The van der Waals surface area contributed by atoms with Gasteiger partial charge in [0.15, 0.2) is 0 Å². The molecule has 0 radical (unpaired) electrons. The highest BCUT2D eigenvalue weighted by atomic mass is 32.2. The fraction of sp³-hybridized carbons (Fsp3) is 0.458. The van der Waals surface area contributed by atoms with Crippen LogP contribution in [0.4, 0.5) is 22.7 Å². The maximum Gasteiger partial charge on any atom is 0.141 e. The number of rotatable bonds is 6. The average Bonchev–Trinajstić information content (AvgIpc) is 3.71. The molecule has 10 atom stereocenters. The van der Waals surface area contributed by atoms with Crippen LogP contribution in [0.1, 0.15) is 51.4 Å². The maximum atomic E-state index is 15.1. The molecule has 0 spiro atoms. The number of methoxy groups -OCH3 is 4. The van der Waals surface area contributed by atoms with E-state index in [1.54, 1.807) is 52.0 Å². The van der Waals surface area contributed by atoms with Crippen molar-refractivity contribution in [2.75, 3.05) is 38.2 Å². The van der Waals surface area contributed by atoms with Gasteiger partial charge >= 0.3 is 0 Å². The summed E-state index contributed by atoms with van der Waals surface area (Å²) >= 11 is 3.57. The van der Waals surface area contributed by atoms with Crippen molar-refractivity contribution in [1.29, 1.82) is 0 Å². The lowest BCUT2D eigenvalue weighted by atomic mass is 9.64. The quantitative estimate of drug-likeness (QED) is 0.188. The van der Waals surface area contributed by atoms with E-state index in [0.29, 0.717) is 35.2 Å². The van der Waals surface area contributed by atoms with Crippen LogP contribution < -0.4 is 28.7 Å². The molecule has 0 aromatic heterocycles. The van der Waals surface area contributed by atoms with Crippen molar-refractivity contribution in [3.8, 4) is 23.0 Å². The third kappa shape index (κ3) is 5.56. The Morgan fingerprint density at radius 2 is 0.948 bits per heavy atom. The standard InChI is InChI=1S/C48H50N2O6S2/c1-53-26-9-14-42-38(19-26)49(39-20-27(54-2)10-15-43(39)57-42)25-8-13-31-32(18-25)34-23-33-30-6-5-7-37(46(30)48(52)36(33)24-35(34)47(31)51)50-40-21-28(55-3)11-16-44(40)58-45-17-12-29(56-4)22-41(45)50/h9-12,14-17,19-22,25,30-37,46H,5-8,13,18,23-24H2,1-4H3. The number of carbonyl (C=O) groups excluding carboxylic acids is 2. The molecule has 58 heavy (non-hydrogen) atoms. The second kappa shape index (κ2) is 14.2. The summed E-state index contributed by atoms with van der Waals surface area (Å²) in [4.78, 5) is 39.4. The Labute approximate surface area is 349 Å². The molecule has 0 amide bonds. The molecule has 5 saturated carbocycles. The Balaban J connectivity index is 0.917. The van der Waals surface area contributed by atoms with Gasteiger partial charge in [0.2, 0.25) is 0 Å². The molecule has 2 aliphatic heterocycles. The third-order valence-electron chi connectivity index (χ3n) is 15.2. The number of nitrogens with zero attached hydrogens (tertiary/aromatic N) is 2. The monoisotopic (exact) mass is 814 g/mol. The first kappa shape index (κ1) is 36.8. The number of ether oxygens (including phenoxy) is 4. The number of Topliss-reactive ketones (excluding diaryl/α,β-unsaturated/α-hetero) is 2. The van der Waals surface area contributed by atoms with E-state index in [9.17, 15) is 4.79 Å². The summed E-state index contributed by atoms with van der Waals surface area (Å²) < 4.78 is 23.0. The molecular formula is C48H50N2O6S2. The zero-order valence-electron chi connectivity index (χ0n) is 33.5. The molecule has 0 bridgehead atoms. The first-order chi connectivity index (χ1) is 28.4. The van der Waals surface area contributed by atoms with Crippen molar-refractivity contribution < 1.29 is 28.5 Å². The van der Waals surface area contributed by atoms with Crippen LogP contribution in [0.5, 0.6) is 23.0 Å². The van der Waals surface area contributed by atoms with Gasteiger partial charge in [0.25, 0.3) is 0 Å². The molecule has 4 aromatic carbocycles. The van der Waals surface area contributed by atoms with Crippen molar-refractivity contribution >= 4 is 57.8 Å². The number of anilines is 4. The highest BCUT2D eigenvalue weighted by Gasteiger charge is 2.63. The van der Waals surface area contributed by atoms with E-state index in [0.717, 1.165) is 85.7 Å². The fourth-order valence-corrected chi connectivity index (χ4v) is 14.9. The van der Waals surface area contributed by atoms with Crippen LogP contribution in [-0.2, 0) is 9.59 Å². The highest BCUT2D eigenvalue weighted by Crippen LogP contribution is 2.64. The zero-order chi connectivity index (χ0) is 39.4. The van der Waals surface area contributed by atoms with Crippen LogP contribution in [0.2, 0.25) is 0 Å². The molecular weight excluding hydrogens is 765 g/mol. The molecule has 5 fully saturated rings. The lowest BCUT2D eigenvalue weighted by molar-refractivity contribution is -0.129. The normalized spacial score (nSPS) is 31.4. The van der Waals surface area contributed by atoms with Gasteiger partial charge in [0.05, 0.1) is 51.2 Å². The predicted molar refractivity (Wildman–Crippen MR) is 227 cm³/mol. The second-order valence-corrected chi connectivity index (χ2v) is 19.7. The number of ketones is 2. The largest absolute Gasteiger partial charge is 0.497 e. The van der Waals surface area contributed by atoms with Crippen LogP contribution in [0.15, 0.2) is 92.4 Å². The second-order valence-electron chi connectivity index (χ2n) is 17.5. The van der Waals surface area contributed by atoms with Gasteiger partial charge < -0.3 is 28.7 Å². The Bertz CT molecular complexity index is 2220. The van der Waals surface area contributed by atoms with E-state index in [-0.39, 0.29) is 35.8 Å². The van der Waals surface area contributed by atoms with Crippen LogP contribution >= 0.6 is 23.5 Å². The van der Waals surface area contributed by atoms with Gasteiger partial charge in [-0.05, 0) is 117 Å². The smallest absolute Gasteiger partial charge is 0.141 e. The van der Waals surface area contributed by atoms with Gasteiger partial charge in [-0.1, -0.05) is 29.9 Å². The van der Waals surface area contributed by atoms with E-state index >= 15 is 4.79 Å². The molecule has 0 saturated heterocycles. The summed E-state index contributed by atoms with van der Waals surface area (Å²) in [6.45, 7) is 0. The zero-order valence-corrected chi connectivity index (χ0v) is 35.2. The van der Waals surface area contributed by atoms with Crippen molar-refractivity contribution in [3.05, 3.63) is 72.8 Å². The lowest BCUT2D eigenvalue weighted by Gasteiger charge is -2.46. The average molecular weight is 815 g/mol. The predicted octanol–water partition coefficient (Wildman–Crippen LogP) is 10.6. The number of benzene rings is 4. The van der Waals surface area contributed by atoms with Crippen LogP contribution in [-0.4, -0.2) is 52.1 Å². The van der Waals surface area contributed by atoms with E-state index in [4.69, 9.17) is 18.9 Å². The first-order valence-electron chi connectivity index (χ1n) is 21.1. The Kier molecular flexibility index (Phi) is 8.99. The minimum absolute atomic E-state index is 0.0180. The summed E-state index contributed by atoms with van der Waals surface area (Å²) in [5.41, 5.74) is 4.56. The Morgan fingerprint density at radius 3 is 1.47 bits per heavy atom. The van der Waals surface area contributed by atoms with Gasteiger partial charge in [-0.25, -0.2) is 0 Å². The summed E-state index contributed by atoms with van der Waals surface area (Å²) in [5, 5.41) is 0. The Hall–Kier alpha value is -4.28. The van der Waals surface area contributed by atoms with Gasteiger partial charge in [-0.3, -0.25) is 9.59 Å². The summed E-state index contributed by atoms with van der Waals surface area (Å²) in [6, 6.07) is 25.8. The molecule has 300 valence electrons. The topological polar surface area (TPSA) is 77.5 Å². The molecule has 0 N–H and O–H groups in total. The number of hydrogen-bond donors (Lipinski definition) is 0. The molecule has 5 aliphatic carbocycles. The van der Waals surface area contributed by atoms with Crippen molar-refractivity contribution in [3.63, 3.8) is 0 Å². The van der Waals surface area contributed by atoms with Gasteiger partial charge in [-0.15, -0.1) is 0 Å². The van der Waals surface area contributed by atoms with Gasteiger partial charge in [0.1, 0.15) is 34.6 Å². The highest BCUT2D eigenvalue weighted by molar-refractivity contribution is 8.00. The summed E-state index contributed by atoms with van der Waals surface area (Å²) in [5.74, 6) is 5.42.